The van der Waals surface area contributed by atoms with Crippen LogP contribution in [0.2, 0.25) is 0 Å². The molecular formula is C18H18BrN3O2S. The van der Waals surface area contributed by atoms with Crippen molar-refractivity contribution in [3.8, 4) is 0 Å². The van der Waals surface area contributed by atoms with Gasteiger partial charge >= 0.3 is 5.97 Å². The number of halogens is 1. The topological polar surface area (TPSA) is 68.0 Å². The van der Waals surface area contributed by atoms with Gasteiger partial charge in [-0.25, -0.2) is 0 Å². The Labute approximate surface area is 158 Å². The second kappa shape index (κ2) is 8.01. The molecule has 0 unspecified atom stereocenters. The average Bonchev–Trinajstić information content (AvgIpc) is 2.95. The molecule has 0 fully saturated rings. The third kappa shape index (κ3) is 4.04. The molecule has 0 aliphatic rings. The molecule has 0 aliphatic heterocycles. The second-order valence-corrected chi connectivity index (χ2v) is 7.35. The number of rotatable bonds is 7. The van der Waals surface area contributed by atoms with E-state index in [0.29, 0.717) is 16.4 Å². The summed E-state index contributed by atoms with van der Waals surface area (Å²) in [6, 6.07) is 12.7. The fraction of sp³-hybridized carbons (Fsp3) is 0.278. The smallest absolute Gasteiger partial charge is 0.313 e. The van der Waals surface area contributed by atoms with E-state index in [-0.39, 0.29) is 5.75 Å². The maximum atomic E-state index is 10.8. The molecular weight excluding hydrogens is 402 g/mol. The highest BCUT2D eigenvalue weighted by molar-refractivity contribution is 9.10. The molecule has 7 heteroatoms. The summed E-state index contributed by atoms with van der Waals surface area (Å²) in [5.41, 5.74) is 2.51. The highest BCUT2D eigenvalue weighted by atomic mass is 79.9. The van der Waals surface area contributed by atoms with Gasteiger partial charge in [0.2, 0.25) is 4.73 Å². The van der Waals surface area contributed by atoms with Crippen LogP contribution in [0.1, 0.15) is 24.5 Å². The summed E-state index contributed by atoms with van der Waals surface area (Å²) in [4.78, 5) is 10.8. The Kier molecular flexibility index (Phi) is 5.75. The number of aromatic nitrogens is 3. The predicted molar refractivity (Wildman–Crippen MR) is 103 cm³/mol. The lowest BCUT2D eigenvalue weighted by molar-refractivity contribution is -0.133. The van der Waals surface area contributed by atoms with Crippen LogP contribution in [0, 0.1) is 0 Å². The van der Waals surface area contributed by atoms with Crippen molar-refractivity contribution < 1.29 is 9.90 Å². The summed E-state index contributed by atoms with van der Waals surface area (Å²) in [6.07, 6.45) is 2.16. The molecule has 1 N–H and O–H groups in total. The summed E-state index contributed by atoms with van der Waals surface area (Å²) in [5, 5.41) is 20.1. The Balaban J connectivity index is 1.98. The van der Waals surface area contributed by atoms with Gasteiger partial charge in [-0.05, 0) is 44.3 Å². The summed E-state index contributed by atoms with van der Waals surface area (Å²) >= 11 is 4.59. The zero-order valence-electron chi connectivity index (χ0n) is 13.8. The number of benzene rings is 2. The van der Waals surface area contributed by atoms with Gasteiger partial charge < -0.3 is 5.11 Å². The minimum atomic E-state index is -0.870. The van der Waals surface area contributed by atoms with Gasteiger partial charge in [0.05, 0.1) is 12.3 Å². The number of carbonyl (C=O) groups is 1. The molecule has 2 aromatic carbocycles. The van der Waals surface area contributed by atoms with E-state index in [1.165, 1.54) is 28.1 Å². The van der Waals surface area contributed by atoms with Crippen molar-refractivity contribution in [2.75, 3.05) is 5.75 Å². The number of hydrogen-bond acceptors (Lipinski definition) is 4. The van der Waals surface area contributed by atoms with E-state index in [9.17, 15) is 4.79 Å². The van der Waals surface area contributed by atoms with E-state index in [1.807, 2.05) is 10.6 Å². The van der Waals surface area contributed by atoms with E-state index >= 15 is 0 Å². The zero-order chi connectivity index (χ0) is 17.8. The normalized spacial score (nSPS) is 11.1. The minimum absolute atomic E-state index is 0.0404. The van der Waals surface area contributed by atoms with Gasteiger partial charge in [0.25, 0.3) is 0 Å². The van der Waals surface area contributed by atoms with Crippen molar-refractivity contribution in [2.24, 2.45) is 0 Å². The molecule has 3 rings (SSSR count). The molecule has 1 heterocycles. The van der Waals surface area contributed by atoms with Crippen LogP contribution >= 0.6 is 27.7 Å². The highest BCUT2D eigenvalue weighted by Crippen LogP contribution is 2.27. The van der Waals surface area contributed by atoms with Gasteiger partial charge in [-0.3, -0.25) is 9.36 Å². The molecule has 25 heavy (non-hydrogen) atoms. The van der Waals surface area contributed by atoms with Crippen LogP contribution in [-0.4, -0.2) is 31.6 Å². The Morgan fingerprint density at radius 1 is 1.16 bits per heavy atom. The van der Waals surface area contributed by atoms with Crippen molar-refractivity contribution >= 4 is 44.4 Å². The number of aryl methyl sites for hydroxylation is 1. The predicted octanol–water partition coefficient (Wildman–Crippen LogP) is 4.37. The molecule has 0 radical (unpaired) electrons. The van der Waals surface area contributed by atoms with Crippen molar-refractivity contribution in [1.29, 1.82) is 0 Å². The van der Waals surface area contributed by atoms with Crippen molar-refractivity contribution in [1.82, 2.24) is 14.8 Å². The molecule has 0 amide bonds. The molecule has 0 saturated carbocycles. The molecule has 0 saturated heterocycles. The fourth-order valence-corrected chi connectivity index (χ4v) is 4.00. The summed E-state index contributed by atoms with van der Waals surface area (Å²) < 4.78 is 2.50. The van der Waals surface area contributed by atoms with Crippen LogP contribution in [0.4, 0.5) is 0 Å². The van der Waals surface area contributed by atoms with Crippen LogP contribution in [0.15, 0.2) is 46.3 Å². The Morgan fingerprint density at radius 2 is 1.84 bits per heavy atom. The maximum absolute atomic E-state index is 10.8. The van der Waals surface area contributed by atoms with Crippen molar-refractivity contribution in [3.05, 3.63) is 52.3 Å². The number of fused-ring (bicyclic) bond motifs is 1. The van der Waals surface area contributed by atoms with Gasteiger partial charge in [0.15, 0.2) is 5.16 Å². The Morgan fingerprint density at radius 3 is 2.52 bits per heavy atom. The number of carboxylic acids is 1. The average molecular weight is 420 g/mol. The van der Waals surface area contributed by atoms with Crippen molar-refractivity contribution in [2.45, 2.75) is 31.5 Å². The second-order valence-electron chi connectivity index (χ2n) is 5.70. The number of nitrogens with zero attached hydrogens (tertiary/aromatic N) is 3. The molecule has 0 bridgehead atoms. The summed E-state index contributed by atoms with van der Waals surface area (Å²) in [7, 11) is 0. The lowest BCUT2D eigenvalue weighted by Crippen LogP contribution is -2.05. The lowest BCUT2D eigenvalue weighted by atomic mass is 9.97. The van der Waals surface area contributed by atoms with E-state index in [2.05, 4.69) is 63.4 Å². The SMILES string of the molecule is CCCc1ccc(Cn2c(Br)nnc2SCC(=O)O)c2ccccc12. The van der Waals surface area contributed by atoms with Gasteiger partial charge in [0, 0.05) is 0 Å². The van der Waals surface area contributed by atoms with Crippen LogP contribution in [0.25, 0.3) is 10.8 Å². The standard InChI is InChI=1S/C18H18BrN3O2S/c1-2-5-12-8-9-13(15-7-4-3-6-14(12)15)10-22-17(19)20-21-18(22)25-11-16(23)24/h3-4,6-9H,2,5,10-11H2,1H3,(H,23,24). The van der Waals surface area contributed by atoms with E-state index < -0.39 is 5.97 Å². The molecule has 0 aliphatic carbocycles. The van der Waals surface area contributed by atoms with Crippen LogP contribution < -0.4 is 0 Å². The first-order valence-corrected chi connectivity index (χ1v) is 9.80. The minimum Gasteiger partial charge on any atom is -0.481 e. The first-order valence-electron chi connectivity index (χ1n) is 8.03. The number of hydrogen-bond donors (Lipinski definition) is 1. The molecule has 130 valence electrons. The van der Waals surface area contributed by atoms with Crippen LogP contribution in [0.3, 0.4) is 0 Å². The Bertz CT molecular complexity index is 910. The van der Waals surface area contributed by atoms with E-state index in [4.69, 9.17) is 5.11 Å². The summed E-state index contributed by atoms with van der Waals surface area (Å²) in [5.74, 6) is -0.911. The van der Waals surface area contributed by atoms with Gasteiger partial charge in [-0.15, -0.1) is 10.2 Å². The highest BCUT2D eigenvalue weighted by Gasteiger charge is 2.14. The number of aliphatic carboxylic acids is 1. The lowest BCUT2D eigenvalue weighted by Gasteiger charge is -2.13. The maximum Gasteiger partial charge on any atom is 0.313 e. The van der Waals surface area contributed by atoms with Crippen LogP contribution in [-0.2, 0) is 17.8 Å². The van der Waals surface area contributed by atoms with Gasteiger partial charge in [-0.2, -0.15) is 0 Å². The number of carboxylic acid groups (broad SMARTS) is 1. The van der Waals surface area contributed by atoms with Crippen molar-refractivity contribution in [3.63, 3.8) is 0 Å². The van der Waals surface area contributed by atoms with Crippen LogP contribution in [0.5, 0.6) is 0 Å². The van der Waals surface area contributed by atoms with Gasteiger partial charge in [0.1, 0.15) is 0 Å². The largest absolute Gasteiger partial charge is 0.481 e. The fourth-order valence-electron chi connectivity index (χ4n) is 2.86. The molecule has 0 spiro atoms. The Hall–Kier alpha value is -1.86. The molecule has 1 aromatic heterocycles. The molecule has 5 nitrogen and oxygen atoms in total. The van der Waals surface area contributed by atoms with E-state index in [0.717, 1.165) is 18.4 Å². The number of thioether (sulfide) groups is 1. The summed E-state index contributed by atoms with van der Waals surface area (Å²) in [6.45, 7) is 2.77. The quantitative estimate of drug-likeness (QED) is 0.575. The molecule has 3 aromatic rings. The zero-order valence-corrected chi connectivity index (χ0v) is 16.2. The first-order chi connectivity index (χ1) is 12.1. The monoisotopic (exact) mass is 419 g/mol. The van der Waals surface area contributed by atoms with E-state index in [1.54, 1.807) is 0 Å². The third-order valence-electron chi connectivity index (χ3n) is 3.95. The molecule has 0 atom stereocenters. The first kappa shape index (κ1) is 17.9. The van der Waals surface area contributed by atoms with Gasteiger partial charge in [-0.1, -0.05) is 61.5 Å². The third-order valence-corrected chi connectivity index (χ3v) is 5.49.